The molecule has 0 bridgehead atoms. The Kier molecular flexibility index (Phi) is 6.06. The van der Waals surface area contributed by atoms with E-state index in [4.69, 9.17) is 19.3 Å². The first kappa shape index (κ1) is 16.9. The average molecular weight is 320 g/mol. The topological polar surface area (TPSA) is 47.9 Å². The SMILES string of the molecule is OCCC[C@H]1CC[C@H](OCc2ccccc2)[C@]2(CCCCO2)O1. The summed E-state index contributed by atoms with van der Waals surface area (Å²) in [7, 11) is 0. The van der Waals surface area contributed by atoms with E-state index >= 15 is 0 Å². The van der Waals surface area contributed by atoms with E-state index in [0.29, 0.717) is 6.61 Å². The van der Waals surface area contributed by atoms with Gasteiger partial charge < -0.3 is 19.3 Å². The lowest BCUT2D eigenvalue weighted by atomic mass is 9.90. The van der Waals surface area contributed by atoms with Gasteiger partial charge in [0.25, 0.3) is 0 Å². The third kappa shape index (κ3) is 4.32. The van der Waals surface area contributed by atoms with E-state index in [1.165, 1.54) is 5.56 Å². The zero-order chi connectivity index (χ0) is 16.0. The first-order valence-corrected chi connectivity index (χ1v) is 8.90. The lowest BCUT2D eigenvalue weighted by Gasteiger charge is -2.48. The first-order valence-electron chi connectivity index (χ1n) is 8.90. The standard InChI is InChI=1S/C19H28O4/c20-13-6-9-17-10-11-18(19(23-17)12-4-5-14-22-19)21-15-16-7-2-1-3-8-16/h1-3,7-8,17-18,20H,4-6,9-15H2/t17-,18-,19-/m0/s1. The van der Waals surface area contributed by atoms with Crippen LogP contribution in [0.1, 0.15) is 50.5 Å². The average Bonchev–Trinajstić information content (AvgIpc) is 2.61. The predicted molar refractivity (Wildman–Crippen MR) is 88.0 cm³/mol. The van der Waals surface area contributed by atoms with Gasteiger partial charge >= 0.3 is 0 Å². The van der Waals surface area contributed by atoms with Crippen LogP contribution in [-0.2, 0) is 20.8 Å². The molecule has 1 spiro atoms. The Labute approximate surface area is 138 Å². The summed E-state index contributed by atoms with van der Waals surface area (Å²) in [6, 6.07) is 10.3. The highest BCUT2D eigenvalue weighted by Gasteiger charge is 2.47. The Morgan fingerprint density at radius 3 is 2.78 bits per heavy atom. The molecule has 2 fully saturated rings. The van der Waals surface area contributed by atoms with Crippen LogP contribution in [0.4, 0.5) is 0 Å². The van der Waals surface area contributed by atoms with Crippen molar-refractivity contribution in [3.63, 3.8) is 0 Å². The molecule has 4 nitrogen and oxygen atoms in total. The maximum absolute atomic E-state index is 9.05. The highest BCUT2D eigenvalue weighted by atomic mass is 16.7. The minimum atomic E-state index is -0.578. The van der Waals surface area contributed by atoms with E-state index < -0.39 is 5.79 Å². The third-order valence-corrected chi connectivity index (χ3v) is 4.85. The Morgan fingerprint density at radius 2 is 2.04 bits per heavy atom. The van der Waals surface area contributed by atoms with Gasteiger partial charge in [0, 0.05) is 13.0 Å². The molecule has 2 heterocycles. The second-order valence-corrected chi connectivity index (χ2v) is 6.59. The van der Waals surface area contributed by atoms with E-state index in [1.54, 1.807) is 0 Å². The van der Waals surface area contributed by atoms with Crippen molar-refractivity contribution in [2.75, 3.05) is 13.2 Å². The number of hydrogen-bond acceptors (Lipinski definition) is 4. The molecule has 3 atom stereocenters. The maximum atomic E-state index is 9.05. The van der Waals surface area contributed by atoms with Gasteiger partial charge in [-0.3, -0.25) is 0 Å². The zero-order valence-corrected chi connectivity index (χ0v) is 13.8. The molecule has 0 unspecified atom stereocenters. The fraction of sp³-hybridized carbons (Fsp3) is 0.684. The van der Waals surface area contributed by atoms with Crippen molar-refractivity contribution in [2.45, 2.75) is 69.5 Å². The molecule has 1 aromatic carbocycles. The van der Waals surface area contributed by atoms with Crippen molar-refractivity contribution >= 4 is 0 Å². The van der Waals surface area contributed by atoms with Gasteiger partial charge in [-0.2, -0.15) is 0 Å². The second-order valence-electron chi connectivity index (χ2n) is 6.59. The highest BCUT2D eigenvalue weighted by Crippen LogP contribution is 2.40. The molecule has 0 amide bonds. The van der Waals surface area contributed by atoms with Crippen molar-refractivity contribution in [1.29, 1.82) is 0 Å². The van der Waals surface area contributed by atoms with Crippen molar-refractivity contribution in [1.82, 2.24) is 0 Å². The van der Waals surface area contributed by atoms with Crippen LogP contribution in [0.2, 0.25) is 0 Å². The van der Waals surface area contributed by atoms with E-state index in [-0.39, 0.29) is 18.8 Å². The predicted octanol–water partition coefficient (Wildman–Crippen LogP) is 3.42. The smallest absolute Gasteiger partial charge is 0.194 e. The molecule has 128 valence electrons. The molecule has 2 aliphatic rings. The van der Waals surface area contributed by atoms with Crippen LogP contribution in [0.15, 0.2) is 30.3 Å². The molecule has 0 aliphatic carbocycles. The molecule has 0 radical (unpaired) electrons. The monoisotopic (exact) mass is 320 g/mol. The van der Waals surface area contributed by atoms with Gasteiger partial charge in [-0.15, -0.1) is 0 Å². The normalized spacial score (nSPS) is 31.3. The summed E-state index contributed by atoms with van der Waals surface area (Å²) in [4.78, 5) is 0. The Bertz CT molecular complexity index is 456. The van der Waals surface area contributed by atoms with Crippen LogP contribution in [0, 0.1) is 0 Å². The van der Waals surface area contributed by atoms with Crippen LogP contribution in [0.25, 0.3) is 0 Å². The van der Waals surface area contributed by atoms with Crippen LogP contribution < -0.4 is 0 Å². The van der Waals surface area contributed by atoms with Crippen LogP contribution in [-0.4, -0.2) is 36.3 Å². The molecule has 1 aromatic rings. The highest BCUT2D eigenvalue weighted by molar-refractivity contribution is 5.13. The number of rotatable bonds is 6. The Hall–Kier alpha value is -0.940. The van der Waals surface area contributed by atoms with Crippen LogP contribution >= 0.6 is 0 Å². The lowest BCUT2D eigenvalue weighted by Crippen LogP contribution is -2.55. The minimum Gasteiger partial charge on any atom is -0.396 e. The van der Waals surface area contributed by atoms with Crippen molar-refractivity contribution < 1.29 is 19.3 Å². The molecule has 1 N–H and O–H groups in total. The largest absolute Gasteiger partial charge is 0.396 e. The van der Waals surface area contributed by atoms with Gasteiger partial charge in [-0.05, 0) is 44.1 Å². The number of benzene rings is 1. The molecule has 23 heavy (non-hydrogen) atoms. The minimum absolute atomic E-state index is 0.00613. The Balaban J connectivity index is 1.63. The molecular formula is C19H28O4. The van der Waals surface area contributed by atoms with E-state index in [9.17, 15) is 0 Å². The zero-order valence-electron chi connectivity index (χ0n) is 13.8. The summed E-state index contributed by atoms with van der Waals surface area (Å²) >= 11 is 0. The molecular weight excluding hydrogens is 292 g/mol. The van der Waals surface area contributed by atoms with Gasteiger partial charge in [0.1, 0.15) is 6.10 Å². The molecule has 2 saturated heterocycles. The summed E-state index contributed by atoms with van der Waals surface area (Å²) in [6.07, 6.45) is 6.92. The first-order chi connectivity index (χ1) is 11.3. The van der Waals surface area contributed by atoms with E-state index in [0.717, 1.165) is 51.6 Å². The Morgan fingerprint density at radius 1 is 1.17 bits per heavy atom. The second kappa shape index (κ2) is 8.25. The summed E-state index contributed by atoms with van der Waals surface area (Å²) in [6.45, 7) is 1.57. The van der Waals surface area contributed by atoms with E-state index in [2.05, 4.69) is 12.1 Å². The van der Waals surface area contributed by atoms with Crippen LogP contribution in [0.3, 0.4) is 0 Å². The summed E-state index contributed by atoms with van der Waals surface area (Å²) in [5, 5.41) is 9.05. The fourth-order valence-corrected chi connectivity index (χ4v) is 3.62. The van der Waals surface area contributed by atoms with Crippen LogP contribution in [0.5, 0.6) is 0 Å². The van der Waals surface area contributed by atoms with Gasteiger partial charge in [-0.1, -0.05) is 30.3 Å². The quantitative estimate of drug-likeness (QED) is 0.872. The molecule has 2 aliphatic heterocycles. The number of aliphatic hydroxyl groups excluding tert-OH is 1. The molecule has 4 heteroatoms. The number of aliphatic hydroxyl groups is 1. The lowest BCUT2D eigenvalue weighted by molar-refractivity contribution is -0.343. The number of ether oxygens (including phenoxy) is 3. The van der Waals surface area contributed by atoms with E-state index in [1.807, 2.05) is 18.2 Å². The van der Waals surface area contributed by atoms with Gasteiger partial charge in [0.15, 0.2) is 5.79 Å². The fourth-order valence-electron chi connectivity index (χ4n) is 3.62. The van der Waals surface area contributed by atoms with Crippen molar-refractivity contribution in [3.05, 3.63) is 35.9 Å². The molecule has 3 rings (SSSR count). The summed E-state index contributed by atoms with van der Waals surface area (Å²) in [5.41, 5.74) is 1.18. The van der Waals surface area contributed by atoms with Gasteiger partial charge in [0.05, 0.1) is 19.3 Å². The van der Waals surface area contributed by atoms with Gasteiger partial charge in [-0.25, -0.2) is 0 Å². The molecule has 0 saturated carbocycles. The van der Waals surface area contributed by atoms with Crippen molar-refractivity contribution in [3.8, 4) is 0 Å². The number of hydrogen-bond donors (Lipinski definition) is 1. The molecule has 0 aromatic heterocycles. The summed E-state index contributed by atoms with van der Waals surface area (Å²) in [5.74, 6) is -0.578. The third-order valence-electron chi connectivity index (χ3n) is 4.85. The maximum Gasteiger partial charge on any atom is 0.194 e. The summed E-state index contributed by atoms with van der Waals surface area (Å²) < 4.78 is 18.7. The van der Waals surface area contributed by atoms with Crippen molar-refractivity contribution in [2.24, 2.45) is 0 Å². The van der Waals surface area contributed by atoms with Gasteiger partial charge in [0.2, 0.25) is 0 Å².